The highest BCUT2D eigenvalue weighted by atomic mass is 35.5. The molecule has 5 nitrogen and oxygen atoms in total. The molecule has 21 heavy (non-hydrogen) atoms. The monoisotopic (exact) mass is 309 g/mol. The lowest BCUT2D eigenvalue weighted by Gasteiger charge is -2.09. The Bertz CT molecular complexity index is 606. The van der Waals surface area contributed by atoms with Gasteiger partial charge in [0.05, 0.1) is 0 Å². The van der Waals surface area contributed by atoms with Crippen molar-refractivity contribution in [3.8, 4) is 0 Å². The van der Waals surface area contributed by atoms with E-state index < -0.39 is 0 Å². The summed E-state index contributed by atoms with van der Waals surface area (Å²) in [5.74, 6) is 0.914. The third-order valence-corrected chi connectivity index (χ3v) is 2.86. The van der Waals surface area contributed by atoms with E-state index in [1.165, 1.54) is 12.1 Å². The molecule has 0 spiro atoms. The Hall–Kier alpha value is -1.95. The Balaban J connectivity index is 2.07. The molecule has 1 aromatic heterocycles. The summed E-state index contributed by atoms with van der Waals surface area (Å²) in [5.41, 5.74) is 0.547. The SMILES string of the molecule is CC(C)CCNc1nc(Cl)nc(Nc2cccc(F)c2)n1. The predicted octanol–water partition coefficient (Wildman–Crippen LogP) is 3.87. The van der Waals surface area contributed by atoms with Crippen LogP contribution in [0.3, 0.4) is 0 Å². The molecule has 112 valence electrons. The van der Waals surface area contributed by atoms with E-state index in [1.54, 1.807) is 12.1 Å². The molecule has 7 heteroatoms. The van der Waals surface area contributed by atoms with E-state index in [4.69, 9.17) is 11.6 Å². The van der Waals surface area contributed by atoms with Gasteiger partial charge >= 0.3 is 0 Å². The summed E-state index contributed by atoms with van der Waals surface area (Å²) in [7, 11) is 0. The van der Waals surface area contributed by atoms with Crippen LogP contribution < -0.4 is 10.6 Å². The summed E-state index contributed by atoms with van der Waals surface area (Å²) in [5, 5.41) is 6.07. The Morgan fingerprint density at radius 2 is 1.95 bits per heavy atom. The first-order valence-corrected chi connectivity index (χ1v) is 7.09. The molecule has 2 rings (SSSR count). The van der Waals surface area contributed by atoms with Crippen LogP contribution in [-0.2, 0) is 0 Å². The van der Waals surface area contributed by atoms with Gasteiger partial charge in [-0.1, -0.05) is 19.9 Å². The number of halogens is 2. The van der Waals surface area contributed by atoms with Crippen LogP contribution in [-0.4, -0.2) is 21.5 Å². The van der Waals surface area contributed by atoms with Crippen molar-refractivity contribution in [2.24, 2.45) is 5.92 Å². The molecule has 0 aliphatic rings. The molecule has 0 bridgehead atoms. The number of aromatic nitrogens is 3. The van der Waals surface area contributed by atoms with Crippen LogP contribution in [0.25, 0.3) is 0 Å². The fourth-order valence-corrected chi connectivity index (χ4v) is 1.81. The summed E-state index contributed by atoms with van der Waals surface area (Å²) >= 11 is 5.87. The van der Waals surface area contributed by atoms with Crippen LogP contribution in [0.4, 0.5) is 22.0 Å². The molecule has 0 saturated heterocycles. The van der Waals surface area contributed by atoms with Crippen LogP contribution in [0.5, 0.6) is 0 Å². The highest BCUT2D eigenvalue weighted by Gasteiger charge is 2.06. The fraction of sp³-hybridized carbons (Fsp3) is 0.357. The molecule has 0 saturated carbocycles. The molecular formula is C14H17ClFN5. The number of nitrogens with zero attached hydrogens (tertiary/aromatic N) is 3. The second-order valence-electron chi connectivity index (χ2n) is 5.00. The number of benzene rings is 1. The topological polar surface area (TPSA) is 62.7 Å². The lowest BCUT2D eigenvalue weighted by Crippen LogP contribution is -2.10. The van der Waals surface area contributed by atoms with Crippen molar-refractivity contribution in [2.75, 3.05) is 17.2 Å². The van der Waals surface area contributed by atoms with Gasteiger partial charge in [-0.15, -0.1) is 0 Å². The summed E-state index contributed by atoms with van der Waals surface area (Å²) in [4.78, 5) is 12.2. The molecule has 0 aliphatic heterocycles. The van der Waals surface area contributed by atoms with E-state index in [2.05, 4.69) is 39.4 Å². The van der Waals surface area contributed by atoms with Gasteiger partial charge in [0.1, 0.15) is 5.82 Å². The van der Waals surface area contributed by atoms with E-state index >= 15 is 0 Å². The smallest absolute Gasteiger partial charge is 0.233 e. The maximum atomic E-state index is 13.1. The minimum atomic E-state index is -0.338. The summed E-state index contributed by atoms with van der Waals surface area (Å²) in [6.45, 7) is 5.02. The zero-order valence-corrected chi connectivity index (χ0v) is 12.7. The van der Waals surface area contributed by atoms with E-state index in [9.17, 15) is 4.39 Å². The van der Waals surface area contributed by atoms with Gasteiger partial charge < -0.3 is 10.6 Å². The molecule has 0 amide bonds. The minimum absolute atomic E-state index is 0.0796. The average Bonchev–Trinajstić information content (AvgIpc) is 2.37. The Morgan fingerprint density at radius 1 is 1.19 bits per heavy atom. The van der Waals surface area contributed by atoms with Crippen LogP contribution in [0.1, 0.15) is 20.3 Å². The second-order valence-corrected chi connectivity index (χ2v) is 5.33. The van der Waals surface area contributed by atoms with Crippen molar-refractivity contribution >= 4 is 29.2 Å². The zero-order valence-electron chi connectivity index (χ0n) is 11.9. The van der Waals surface area contributed by atoms with Crippen LogP contribution >= 0.6 is 11.6 Å². The minimum Gasteiger partial charge on any atom is -0.354 e. The number of anilines is 3. The first-order chi connectivity index (χ1) is 10.0. The summed E-state index contributed by atoms with van der Waals surface area (Å²) < 4.78 is 13.1. The standard InChI is InChI=1S/C14H17ClFN5/c1-9(2)6-7-17-13-19-12(15)20-14(21-13)18-11-5-3-4-10(16)8-11/h3-5,8-9H,6-7H2,1-2H3,(H2,17,18,19,20,21). The molecule has 0 radical (unpaired) electrons. The van der Waals surface area contributed by atoms with Gasteiger partial charge in [0, 0.05) is 12.2 Å². The van der Waals surface area contributed by atoms with Gasteiger partial charge in [-0.05, 0) is 42.1 Å². The van der Waals surface area contributed by atoms with E-state index in [0.717, 1.165) is 13.0 Å². The lowest BCUT2D eigenvalue weighted by molar-refractivity contribution is 0.606. The highest BCUT2D eigenvalue weighted by Crippen LogP contribution is 2.16. The lowest BCUT2D eigenvalue weighted by atomic mass is 10.1. The van der Waals surface area contributed by atoms with Gasteiger partial charge in [0.25, 0.3) is 0 Å². The van der Waals surface area contributed by atoms with Gasteiger partial charge in [-0.3, -0.25) is 0 Å². The van der Waals surface area contributed by atoms with Crippen molar-refractivity contribution in [3.63, 3.8) is 0 Å². The number of rotatable bonds is 6. The van der Waals surface area contributed by atoms with Crippen molar-refractivity contribution in [1.82, 2.24) is 15.0 Å². The molecule has 1 heterocycles. The van der Waals surface area contributed by atoms with Crippen molar-refractivity contribution in [3.05, 3.63) is 35.4 Å². The first-order valence-electron chi connectivity index (χ1n) is 6.71. The van der Waals surface area contributed by atoms with Gasteiger partial charge in [0.15, 0.2) is 0 Å². The number of hydrogen-bond donors (Lipinski definition) is 2. The molecule has 2 N–H and O–H groups in total. The van der Waals surface area contributed by atoms with E-state index in [0.29, 0.717) is 17.6 Å². The fourth-order valence-electron chi connectivity index (χ4n) is 1.65. The molecule has 1 aromatic carbocycles. The summed E-state index contributed by atoms with van der Waals surface area (Å²) in [6, 6.07) is 6.03. The summed E-state index contributed by atoms with van der Waals surface area (Å²) in [6.07, 6.45) is 0.996. The van der Waals surface area contributed by atoms with Gasteiger partial charge in [-0.2, -0.15) is 15.0 Å². The van der Waals surface area contributed by atoms with Crippen molar-refractivity contribution in [2.45, 2.75) is 20.3 Å². The Kier molecular flexibility index (Phi) is 5.27. The molecule has 0 fully saturated rings. The van der Waals surface area contributed by atoms with Gasteiger partial charge in [-0.25, -0.2) is 4.39 Å². The molecule has 0 aliphatic carbocycles. The maximum Gasteiger partial charge on any atom is 0.233 e. The second kappa shape index (κ2) is 7.17. The first kappa shape index (κ1) is 15.4. The molecular weight excluding hydrogens is 293 g/mol. The molecule has 0 atom stereocenters. The maximum absolute atomic E-state index is 13.1. The normalized spacial score (nSPS) is 10.7. The van der Waals surface area contributed by atoms with Crippen LogP contribution in [0.2, 0.25) is 5.28 Å². The number of nitrogens with one attached hydrogen (secondary N) is 2. The Morgan fingerprint density at radius 3 is 2.67 bits per heavy atom. The Labute approximate surface area is 128 Å². The zero-order chi connectivity index (χ0) is 15.2. The molecule has 2 aromatic rings. The van der Waals surface area contributed by atoms with Gasteiger partial charge in [0.2, 0.25) is 17.2 Å². The largest absolute Gasteiger partial charge is 0.354 e. The van der Waals surface area contributed by atoms with E-state index in [1.807, 2.05) is 0 Å². The quantitative estimate of drug-likeness (QED) is 0.848. The van der Waals surface area contributed by atoms with Crippen LogP contribution in [0.15, 0.2) is 24.3 Å². The molecule has 0 unspecified atom stereocenters. The van der Waals surface area contributed by atoms with Crippen molar-refractivity contribution in [1.29, 1.82) is 0 Å². The third kappa shape index (κ3) is 5.15. The van der Waals surface area contributed by atoms with Crippen molar-refractivity contribution < 1.29 is 4.39 Å². The van der Waals surface area contributed by atoms with Crippen LogP contribution in [0, 0.1) is 11.7 Å². The predicted molar refractivity (Wildman–Crippen MR) is 82.5 cm³/mol. The number of hydrogen-bond acceptors (Lipinski definition) is 5. The van der Waals surface area contributed by atoms with E-state index in [-0.39, 0.29) is 17.0 Å². The third-order valence-electron chi connectivity index (χ3n) is 2.69. The highest BCUT2D eigenvalue weighted by molar-refractivity contribution is 6.28. The average molecular weight is 310 g/mol.